The van der Waals surface area contributed by atoms with Gasteiger partial charge in [0.25, 0.3) is 5.91 Å². The first kappa shape index (κ1) is 14.2. The summed E-state index contributed by atoms with van der Waals surface area (Å²) in [5, 5.41) is 1.51. The van der Waals surface area contributed by atoms with Gasteiger partial charge < -0.3 is 4.90 Å². The van der Waals surface area contributed by atoms with Crippen LogP contribution in [0.15, 0.2) is 59.4 Å². The maximum Gasteiger partial charge on any atom is 0.264 e. The van der Waals surface area contributed by atoms with Crippen LogP contribution in [0.2, 0.25) is 0 Å². The highest BCUT2D eigenvalue weighted by Gasteiger charge is 2.22. The van der Waals surface area contributed by atoms with E-state index in [9.17, 15) is 9.59 Å². The molecule has 0 aliphatic carbocycles. The van der Waals surface area contributed by atoms with Crippen LogP contribution in [0.5, 0.6) is 0 Å². The molecule has 0 saturated heterocycles. The Morgan fingerprint density at radius 1 is 1.00 bits per heavy atom. The van der Waals surface area contributed by atoms with E-state index in [2.05, 4.69) is 12.1 Å². The topological polar surface area (TPSA) is 37.4 Å². The maximum absolute atomic E-state index is 12.8. The van der Waals surface area contributed by atoms with E-state index in [4.69, 9.17) is 0 Å². The molecule has 1 amide bonds. The molecule has 0 bridgehead atoms. The summed E-state index contributed by atoms with van der Waals surface area (Å²) >= 11 is 1.04. The summed E-state index contributed by atoms with van der Waals surface area (Å²) in [4.78, 5) is 27.4. The van der Waals surface area contributed by atoms with Crippen LogP contribution in [0.4, 0.5) is 0 Å². The molecule has 0 unspecified atom stereocenters. The van der Waals surface area contributed by atoms with E-state index in [1.807, 2.05) is 41.3 Å². The Bertz CT molecular complexity index is 961. The van der Waals surface area contributed by atoms with Gasteiger partial charge in [0.1, 0.15) is 0 Å². The molecule has 1 aromatic heterocycles. The summed E-state index contributed by atoms with van der Waals surface area (Å²) in [5.74, 6) is -0.0487. The van der Waals surface area contributed by atoms with Crippen LogP contribution in [0.25, 0.3) is 10.8 Å². The van der Waals surface area contributed by atoms with Crippen LogP contribution in [0, 0.1) is 0 Å². The van der Waals surface area contributed by atoms with E-state index in [0.717, 1.165) is 23.1 Å². The molecule has 2 heterocycles. The van der Waals surface area contributed by atoms with Gasteiger partial charge in [0.05, 0.1) is 4.88 Å². The summed E-state index contributed by atoms with van der Waals surface area (Å²) in [6.07, 6.45) is 0.865. The number of amides is 1. The van der Waals surface area contributed by atoms with Gasteiger partial charge in [-0.2, -0.15) is 0 Å². The van der Waals surface area contributed by atoms with E-state index in [-0.39, 0.29) is 10.6 Å². The normalized spacial score (nSPS) is 13.8. The van der Waals surface area contributed by atoms with Gasteiger partial charge in [0, 0.05) is 18.5 Å². The zero-order valence-electron chi connectivity index (χ0n) is 12.5. The van der Waals surface area contributed by atoms with Crippen LogP contribution in [-0.2, 0) is 13.0 Å². The Morgan fingerprint density at radius 2 is 1.74 bits per heavy atom. The molecule has 0 saturated carbocycles. The van der Waals surface area contributed by atoms with Crippen LogP contribution in [0.3, 0.4) is 0 Å². The summed E-state index contributed by atoms with van der Waals surface area (Å²) in [7, 11) is 0. The van der Waals surface area contributed by atoms with Crippen LogP contribution < -0.4 is 4.74 Å². The number of fused-ring (bicyclic) bond motifs is 2. The number of benzene rings is 2. The third-order valence-corrected chi connectivity index (χ3v) is 5.22. The number of hydrogen-bond acceptors (Lipinski definition) is 3. The second-order valence-corrected chi connectivity index (χ2v) is 6.75. The molecule has 4 rings (SSSR count). The number of hydrogen-bond donors (Lipinski definition) is 0. The average molecular weight is 321 g/mol. The third-order valence-electron chi connectivity index (χ3n) is 4.30. The average Bonchev–Trinajstić information content (AvgIpc) is 2.60. The zero-order chi connectivity index (χ0) is 15.8. The molecule has 0 fully saturated rings. The molecule has 114 valence electrons. The number of carbonyl (C=O) groups is 1. The van der Waals surface area contributed by atoms with E-state index >= 15 is 0 Å². The molecule has 23 heavy (non-hydrogen) atoms. The Balaban J connectivity index is 1.69. The molecule has 0 spiro atoms. The van der Waals surface area contributed by atoms with Crippen molar-refractivity contribution in [2.45, 2.75) is 13.0 Å². The highest BCUT2D eigenvalue weighted by atomic mass is 32.1. The standard InChI is InChI=1S/C19H15NO2S/c21-18(20-10-9-13-5-1-2-7-15(13)12-20)17-11-14-6-3-4-8-16(14)19(22)23-17/h1-8,11H,9-10,12H2. The molecule has 1 aliphatic heterocycles. The maximum atomic E-state index is 12.8. The van der Waals surface area contributed by atoms with Gasteiger partial charge in [-0.1, -0.05) is 53.8 Å². The zero-order valence-corrected chi connectivity index (χ0v) is 13.3. The van der Waals surface area contributed by atoms with Gasteiger partial charge in [-0.25, -0.2) is 0 Å². The second-order valence-electron chi connectivity index (χ2n) is 5.73. The summed E-state index contributed by atoms with van der Waals surface area (Å²) in [5.41, 5.74) is 2.50. The van der Waals surface area contributed by atoms with E-state index in [1.54, 1.807) is 6.07 Å². The minimum Gasteiger partial charge on any atom is -0.333 e. The highest BCUT2D eigenvalue weighted by Crippen LogP contribution is 2.22. The molecule has 1 aliphatic rings. The molecule has 3 aromatic rings. The number of rotatable bonds is 1. The van der Waals surface area contributed by atoms with Gasteiger partial charge in [0.2, 0.25) is 4.74 Å². The predicted octanol–water partition coefficient (Wildman–Crippen LogP) is 3.46. The quantitative estimate of drug-likeness (QED) is 0.688. The van der Waals surface area contributed by atoms with Gasteiger partial charge in [-0.05, 0) is 35.1 Å². The van der Waals surface area contributed by atoms with Gasteiger partial charge in [0.15, 0.2) is 0 Å². The lowest BCUT2D eigenvalue weighted by molar-refractivity contribution is 0.0739. The molecule has 4 heteroatoms. The lowest BCUT2D eigenvalue weighted by Gasteiger charge is -2.28. The van der Waals surface area contributed by atoms with Crippen molar-refractivity contribution in [1.29, 1.82) is 0 Å². The van der Waals surface area contributed by atoms with Crippen LogP contribution in [0.1, 0.15) is 20.8 Å². The predicted molar refractivity (Wildman–Crippen MR) is 93.0 cm³/mol. The van der Waals surface area contributed by atoms with E-state index in [0.29, 0.717) is 23.4 Å². The molecular formula is C19H15NO2S. The fourth-order valence-electron chi connectivity index (χ4n) is 3.06. The first-order chi connectivity index (χ1) is 11.2. The van der Waals surface area contributed by atoms with Crippen molar-refractivity contribution < 1.29 is 4.79 Å². The minimum atomic E-state index is -0.0520. The monoisotopic (exact) mass is 321 g/mol. The summed E-state index contributed by atoms with van der Waals surface area (Å²) < 4.78 is -0.0520. The first-order valence-electron chi connectivity index (χ1n) is 7.61. The van der Waals surface area contributed by atoms with Crippen molar-refractivity contribution in [3.8, 4) is 0 Å². The Labute approximate surface area is 137 Å². The SMILES string of the molecule is O=C(c1cc2ccccc2c(=O)s1)N1CCc2ccccc2C1. The van der Waals surface area contributed by atoms with Gasteiger partial charge in [-0.3, -0.25) is 9.59 Å². The fourth-order valence-corrected chi connectivity index (χ4v) is 3.96. The summed E-state index contributed by atoms with van der Waals surface area (Å²) in [6, 6.07) is 17.5. The number of carbonyl (C=O) groups excluding carboxylic acids is 1. The molecule has 0 N–H and O–H groups in total. The lowest BCUT2D eigenvalue weighted by atomic mass is 10.00. The van der Waals surface area contributed by atoms with Gasteiger partial charge in [-0.15, -0.1) is 0 Å². The van der Waals surface area contributed by atoms with Crippen molar-refractivity contribution in [1.82, 2.24) is 4.90 Å². The molecular weight excluding hydrogens is 306 g/mol. The van der Waals surface area contributed by atoms with Gasteiger partial charge >= 0.3 is 0 Å². The van der Waals surface area contributed by atoms with Crippen molar-refractivity contribution in [2.75, 3.05) is 6.54 Å². The molecule has 0 atom stereocenters. The van der Waals surface area contributed by atoms with Crippen LogP contribution >= 0.6 is 11.3 Å². The molecule has 2 aromatic carbocycles. The lowest BCUT2D eigenvalue weighted by Crippen LogP contribution is -2.35. The largest absolute Gasteiger partial charge is 0.333 e. The third kappa shape index (κ3) is 2.55. The Hall–Kier alpha value is -2.46. The van der Waals surface area contributed by atoms with Crippen molar-refractivity contribution in [2.24, 2.45) is 0 Å². The van der Waals surface area contributed by atoms with Crippen molar-refractivity contribution in [3.63, 3.8) is 0 Å². The summed E-state index contributed by atoms with van der Waals surface area (Å²) in [6.45, 7) is 1.31. The van der Waals surface area contributed by atoms with Crippen LogP contribution in [-0.4, -0.2) is 17.4 Å². The smallest absolute Gasteiger partial charge is 0.264 e. The second kappa shape index (κ2) is 5.63. The van der Waals surface area contributed by atoms with E-state index in [1.165, 1.54) is 11.1 Å². The molecule has 0 radical (unpaired) electrons. The van der Waals surface area contributed by atoms with E-state index < -0.39 is 0 Å². The Morgan fingerprint density at radius 3 is 2.61 bits per heavy atom. The Kier molecular flexibility index (Phi) is 3.46. The minimum absolute atomic E-state index is 0.0487. The fraction of sp³-hybridized carbons (Fsp3) is 0.158. The van der Waals surface area contributed by atoms with Crippen molar-refractivity contribution in [3.05, 3.63) is 80.1 Å². The molecule has 3 nitrogen and oxygen atoms in total. The highest BCUT2D eigenvalue weighted by molar-refractivity contribution is 7.12. The number of nitrogens with zero attached hydrogens (tertiary/aromatic N) is 1. The first-order valence-corrected chi connectivity index (χ1v) is 8.43. The van der Waals surface area contributed by atoms with Crippen molar-refractivity contribution >= 4 is 28.0 Å².